The van der Waals surface area contributed by atoms with Gasteiger partial charge in [0, 0.05) is 37.4 Å². The van der Waals surface area contributed by atoms with Gasteiger partial charge in [0.25, 0.3) is 0 Å². The summed E-state index contributed by atoms with van der Waals surface area (Å²) in [7, 11) is 0. The molecule has 4 rings (SSSR count). The van der Waals surface area contributed by atoms with Crippen molar-refractivity contribution in [2.75, 3.05) is 38.2 Å². The molecular weight excluding hydrogens is 471 g/mol. The molecule has 1 aliphatic rings. The predicted molar refractivity (Wildman–Crippen MR) is 132 cm³/mol. The zero-order chi connectivity index (χ0) is 24.6. The third-order valence-electron chi connectivity index (χ3n) is 5.48. The van der Waals surface area contributed by atoms with Crippen molar-refractivity contribution in [3.05, 3.63) is 60.4 Å². The van der Waals surface area contributed by atoms with Crippen molar-refractivity contribution in [2.24, 2.45) is 0 Å². The Morgan fingerprint density at radius 1 is 1.06 bits per heavy atom. The molecule has 0 radical (unpaired) electrons. The molecule has 9 nitrogen and oxygen atoms in total. The van der Waals surface area contributed by atoms with E-state index in [1.165, 1.54) is 23.9 Å². The number of ether oxygens (including phenoxy) is 1. The number of benzene rings is 2. The lowest BCUT2D eigenvalue weighted by molar-refractivity contribution is -0.119. The molecule has 0 aliphatic carbocycles. The number of morpholine rings is 1. The number of halogens is 1. The fourth-order valence-electron chi connectivity index (χ4n) is 3.57. The molecule has 1 atom stereocenters. The molecule has 1 saturated heterocycles. The number of carbonyl (C=O) groups is 2. The summed E-state index contributed by atoms with van der Waals surface area (Å²) in [5.74, 6) is -0.188. The van der Waals surface area contributed by atoms with Crippen LogP contribution in [0, 0.1) is 5.82 Å². The summed E-state index contributed by atoms with van der Waals surface area (Å²) in [6.45, 7) is 6.10. The molecule has 2 aromatic carbocycles. The Hall–Kier alpha value is -3.28. The van der Waals surface area contributed by atoms with Gasteiger partial charge in [-0.2, -0.15) is 0 Å². The molecule has 0 spiro atoms. The SMILES string of the molecule is CC(Sc1nnc(-c2ccc(F)cc2)n1CCN1CCOCC1)C(=O)NC(=O)Nc1ccccc1. The third-order valence-corrected chi connectivity index (χ3v) is 6.56. The number of thioether (sulfide) groups is 1. The molecule has 3 amide bonds. The van der Waals surface area contributed by atoms with Gasteiger partial charge in [-0.05, 0) is 43.3 Å². The van der Waals surface area contributed by atoms with Crippen molar-refractivity contribution in [3.8, 4) is 11.4 Å². The van der Waals surface area contributed by atoms with Crippen LogP contribution in [0.5, 0.6) is 0 Å². The number of urea groups is 1. The maximum Gasteiger partial charge on any atom is 0.325 e. The summed E-state index contributed by atoms with van der Waals surface area (Å²) in [5.41, 5.74) is 1.32. The smallest absolute Gasteiger partial charge is 0.325 e. The van der Waals surface area contributed by atoms with Crippen molar-refractivity contribution in [2.45, 2.75) is 23.9 Å². The molecule has 35 heavy (non-hydrogen) atoms. The van der Waals surface area contributed by atoms with E-state index in [0.29, 0.717) is 36.4 Å². The predicted octanol–water partition coefficient (Wildman–Crippen LogP) is 3.25. The van der Waals surface area contributed by atoms with Gasteiger partial charge < -0.3 is 14.6 Å². The molecule has 0 bridgehead atoms. The second-order valence-electron chi connectivity index (χ2n) is 7.99. The van der Waals surface area contributed by atoms with Gasteiger partial charge in [-0.3, -0.25) is 15.0 Å². The van der Waals surface area contributed by atoms with Crippen molar-refractivity contribution < 1.29 is 18.7 Å². The summed E-state index contributed by atoms with van der Waals surface area (Å²) in [6.07, 6.45) is 0. The van der Waals surface area contributed by atoms with Crippen molar-refractivity contribution in [1.29, 1.82) is 0 Å². The Balaban J connectivity index is 1.45. The van der Waals surface area contributed by atoms with Gasteiger partial charge in [0.1, 0.15) is 5.82 Å². The first-order valence-corrected chi connectivity index (χ1v) is 12.2. The highest BCUT2D eigenvalue weighted by Gasteiger charge is 2.23. The minimum Gasteiger partial charge on any atom is -0.379 e. The number of rotatable bonds is 8. The molecule has 1 aromatic heterocycles. The van der Waals surface area contributed by atoms with E-state index >= 15 is 0 Å². The van der Waals surface area contributed by atoms with Crippen molar-refractivity contribution in [3.63, 3.8) is 0 Å². The van der Waals surface area contributed by atoms with Gasteiger partial charge in [0.15, 0.2) is 11.0 Å². The van der Waals surface area contributed by atoms with Crippen LogP contribution in [0.4, 0.5) is 14.9 Å². The largest absolute Gasteiger partial charge is 0.379 e. The van der Waals surface area contributed by atoms with E-state index in [4.69, 9.17) is 4.74 Å². The van der Waals surface area contributed by atoms with Crippen LogP contribution in [0.1, 0.15) is 6.92 Å². The lowest BCUT2D eigenvalue weighted by Gasteiger charge is -2.27. The quantitative estimate of drug-likeness (QED) is 0.460. The minimum absolute atomic E-state index is 0.332. The fraction of sp³-hybridized carbons (Fsp3) is 0.333. The Morgan fingerprint density at radius 3 is 2.49 bits per heavy atom. The minimum atomic E-state index is -0.607. The van der Waals surface area contributed by atoms with E-state index in [-0.39, 0.29) is 5.82 Å². The summed E-state index contributed by atoms with van der Waals surface area (Å²) >= 11 is 1.21. The van der Waals surface area contributed by atoms with Crippen molar-refractivity contribution >= 4 is 29.4 Å². The zero-order valence-corrected chi connectivity index (χ0v) is 20.1. The fourth-order valence-corrected chi connectivity index (χ4v) is 4.44. The first-order valence-electron chi connectivity index (χ1n) is 11.3. The summed E-state index contributed by atoms with van der Waals surface area (Å²) < 4.78 is 20.8. The van der Waals surface area contributed by atoms with Crippen LogP contribution in [0.25, 0.3) is 11.4 Å². The van der Waals surface area contributed by atoms with Gasteiger partial charge in [-0.1, -0.05) is 30.0 Å². The number of amides is 3. The third kappa shape index (κ3) is 6.87. The van der Waals surface area contributed by atoms with Crippen LogP contribution in [-0.4, -0.2) is 69.7 Å². The lowest BCUT2D eigenvalue weighted by Crippen LogP contribution is -2.39. The Bertz CT molecular complexity index is 1140. The highest BCUT2D eigenvalue weighted by atomic mass is 32.2. The highest BCUT2D eigenvalue weighted by molar-refractivity contribution is 8.00. The van der Waals surface area contributed by atoms with E-state index in [2.05, 4.69) is 25.7 Å². The van der Waals surface area contributed by atoms with Crippen LogP contribution < -0.4 is 10.6 Å². The average molecular weight is 499 g/mol. The molecule has 1 unspecified atom stereocenters. The topological polar surface area (TPSA) is 101 Å². The van der Waals surface area contributed by atoms with E-state index in [9.17, 15) is 14.0 Å². The first-order chi connectivity index (χ1) is 17.0. The van der Waals surface area contributed by atoms with Crippen LogP contribution >= 0.6 is 11.8 Å². The van der Waals surface area contributed by atoms with E-state index in [1.807, 2.05) is 10.6 Å². The van der Waals surface area contributed by atoms with Crippen LogP contribution in [-0.2, 0) is 16.1 Å². The van der Waals surface area contributed by atoms with E-state index in [1.54, 1.807) is 43.3 Å². The molecule has 2 N–H and O–H groups in total. The molecule has 11 heteroatoms. The molecule has 2 heterocycles. The maximum absolute atomic E-state index is 13.5. The number of imide groups is 1. The van der Waals surface area contributed by atoms with Gasteiger partial charge in [-0.25, -0.2) is 9.18 Å². The second-order valence-corrected chi connectivity index (χ2v) is 9.30. The number of anilines is 1. The van der Waals surface area contributed by atoms with Crippen molar-refractivity contribution in [1.82, 2.24) is 25.0 Å². The second kappa shape index (κ2) is 11.9. The van der Waals surface area contributed by atoms with Gasteiger partial charge in [0.05, 0.1) is 18.5 Å². The number of hydrogen-bond acceptors (Lipinski definition) is 7. The average Bonchev–Trinajstić information content (AvgIpc) is 3.26. The molecule has 1 fully saturated rings. The number of hydrogen-bond donors (Lipinski definition) is 2. The van der Waals surface area contributed by atoms with E-state index < -0.39 is 17.2 Å². The molecule has 3 aromatic rings. The molecule has 0 saturated carbocycles. The van der Waals surface area contributed by atoms with Gasteiger partial charge >= 0.3 is 6.03 Å². The monoisotopic (exact) mass is 498 g/mol. The number of carbonyl (C=O) groups excluding carboxylic acids is 2. The molecular formula is C24H27FN6O3S. The lowest BCUT2D eigenvalue weighted by atomic mass is 10.2. The normalized spacial score (nSPS) is 14.9. The first kappa shape index (κ1) is 24.8. The Morgan fingerprint density at radius 2 is 1.77 bits per heavy atom. The highest BCUT2D eigenvalue weighted by Crippen LogP contribution is 2.27. The molecule has 1 aliphatic heterocycles. The van der Waals surface area contributed by atoms with Gasteiger partial charge in [-0.15, -0.1) is 10.2 Å². The zero-order valence-electron chi connectivity index (χ0n) is 19.3. The maximum atomic E-state index is 13.5. The summed E-state index contributed by atoms with van der Waals surface area (Å²) in [5, 5.41) is 13.6. The molecule has 184 valence electrons. The Labute approximate surface area is 207 Å². The van der Waals surface area contributed by atoms with E-state index in [0.717, 1.165) is 25.2 Å². The Kier molecular flexibility index (Phi) is 8.45. The van der Waals surface area contributed by atoms with Crippen LogP contribution in [0.3, 0.4) is 0 Å². The standard InChI is InChI=1S/C24H27FN6O3S/c1-17(22(32)27-23(33)26-20-5-3-2-4-6-20)35-24-29-28-21(18-7-9-19(25)10-8-18)31(24)12-11-30-13-15-34-16-14-30/h2-10,17H,11-16H2,1H3,(H2,26,27,32,33). The number of para-hydroxylation sites is 1. The van der Waals surface area contributed by atoms with Crippen LogP contribution in [0.2, 0.25) is 0 Å². The van der Waals surface area contributed by atoms with Crippen LogP contribution in [0.15, 0.2) is 59.8 Å². The summed E-state index contributed by atoms with van der Waals surface area (Å²) in [4.78, 5) is 27.2. The number of nitrogens with zero attached hydrogens (tertiary/aromatic N) is 4. The summed E-state index contributed by atoms with van der Waals surface area (Å²) in [6, 6.07) is 14.3. The number of nitrogens with one attached hydrogen (secondary N) is 2. The number of aromatic nitrogens is 3. The van der Waals surface area contributed by atoms with Gasteiger partial charge in [0.2, 0.25) is 5.91 Å².